The summed E-state index contributed by atoms with van der Waals surface area (Å²) < 4.78 is 0. The number of nitrogens with one attached hydrogen (secondary N) is 5. The molecule has 2 saturated heterocycles. The fourth-order valence-corrected chi connectivity index (χ4v) is 5.93. The van der Waals surface area contributed by atoms with Gasteiger partial charge in [-0.2, -0.15) is 0 Å². The molecule has 0 saturated carbocycles. The highest BCUT2D eigenvalue weighted by Gasteiger charge is 2.46. The van der Waals surface area contributed by atoms with Gasteiger partial charge >= 0.3 is 0 Å². The Hall–Kier alpha value is -4.74. The number of rotatable bonds is 14. The third kappa shape index (κ3) is 8.88. The lowest BCUT2D eigenvalue weighted by Crippen LogP contribution is -2.60. The molecule has 2 aromatic carbocycles. The van der Waals surface area contributed by atoms with Crippen LogP contribution in [0.15, 0.2) is 60.7 Å². The Labute approximate surface area is 257 Å². The number of nitrogens with zero attached hydrogens (tertiary/aromatic N) is 1. The number of carbonyl (C=O) groups is 5. The quantitative estimate of drug-likeness (QED) is 0.0787. The molecule has 2 aliphatic rings. The maximum Gasteiger partial charge on any atom is 0.246 e. The summed E-state index contributed by atoms with van der Waals surface area (Å²) in [6, 6.07) is 15.2. The van der Waals surface area contributed by atoms with Crippen LogP contribution in [-0.2, 0) is 36.8 Å². The molecular weight excluding hydrogens is 562 g/mol. The van der Waals surface area contributed by atoms with Gasteiger partial charge in [-0.1, -0.05) is 60.7 Å². The second-order valence-electron chi connectivity index (χ2n) is 11.3. The van der Waals surface area contributed by atoms with E-state index in [0.717, 1.165) is 11.1 Å². The molecule has 2 aromatic rings. The van der Waals surface area contributed by atoms with Crippen molar-refractivity contribution < 1.29 is 24.0 Å². The zero-order valence-electron chi connectivity index (χ0n) is 24.7. The van der Waals surface area contributed by atoms with Gasteiger partial charge in [-0.3, -0.25) is 24.6 Å². The molecule has 7 N–H and O–H groups in total. The summed E-state index contributed by atoms with van der Waals surface area (Å²) in [5.41, 5.74) is 7.08. The molecule has 44 heavy (non-hydrogen) atoms. The van der Waals surface area contributed by atoms with Gasteiger partial charge in [0, 0.05) is 12.6 Å². The van der Waals surface area contributed by atoms with Gasteiger partial charge in [-0.15, -0.1) is 0 Å². The zero-order valence-corrected chi connectivity index (χ0v) is 24.7. The Balaban J connectivity index is 1.40. The minimum Gasteiger partial charge on any atom is -0.370 e. The van der Waals surface area contributed by atoms with Crippen LogP contribution in [0.2, 0.25) is 0 Å². The van der Waals surface area contributed by atoms with E-state index in [0.29, 0.717) is 51.4 Å². The molecule has 2 fully saturated rings. The van der Waals surface area contributed by atoms with Crippen molar-refractivity contribution in [3.63, 3.8) is 0 Å². The lowest BCUT2D eigenvalue weighted by atomic mass is 9.97. The van der Waals surface area contributed by atoms with Gasteiger partial charge in [0.25, 0.3) is 0 Å². The molecule has 0 bridgehead atoms. The van der Waals surface area contributed by atoms with Crippen molar-refractivity contribution >= 4 is 35.9 Å². The van der Waals surface area contributed by atoms with E-state index in [-0.39, 0.29) is 36.7 Å². The van der Waals surface area contributed by atoms with Crippen molar-refractivity contribution in [2.24, 2.45) is 5.73 Å². The van der Waals surface area contributed by atoms with Crippen molar-refractivity contribution in [1.29, 1.82) is 5.41 Å². The minimum absolute atomic E-state index is 0.113. The van der Waals surface area contributed by atoms with Crippen LogP contribution >= 0.6 is 0 Å². The van der Waals surface area contributed by atoms with Crippen molar-refractivity contribution in [1.82, 2.24) is 26.2 Å². The topological polar surface area (TPSA) is 187 Å². The summed E-state index contributed by atoms with van der Waals surface area (Å²) in [4.78, 5) is 66.6. The smallest absolute Gasteiger partial charge is 0.246 e. The van der Waals surface area contributed by atoms with E-state index in [2.05, 4.69) is 21.3 Å². The summed E-state index contributed by atoms with van der Waals surface area (Å²) in [7, 11) is 0. The fourth-order valence-electron chi connectivity index (χ4n) is 5.93. The maximum absolute atomic E-state index is 13.6. The second-order valence-corrected chi connectivity index (χ2v) is 11.3. The first-order valence-corrected chi connectivity index (χ1v) is 15.1. The number of guanidine groups is 1. The van der Waals surface area contributed by atoms with E-state index in [4.69, 9.17) is 11.1 Å². The SMILES string of the molecule is N=C(N)NCCCC(NC(=O)C1CCC2CCC(NC(=O)Cc3ccccc3)C(=O)N21)C(=O)NC(C=O)Cc1ccccc1. The molecule has 12 nitrogen and oxygen atoms in total. The Morgan fingerprint density at radius 1 is 0.955 bits per heavy atom. The van der Waals surface area contributed by atoms with Crippen LogP contribution in [0.1, 0.15) is 49.7 Å². The lowest BCUT2D eigenvalue weighted by molar-refractivity contribution is -0.146. The summed E-state index contributed by atoms with van der Waals surface area (Å²) in [5.74, 6) is -1.73. The molecule has 5 atom stereocenters. The summed E-state index contributed by atoms with van der Waals surface area (Å²) >= 11 is 0. The van der Waals surface area contributed by atoms with Crippen molar-refractivity contribution in [3.05, 3.63) is 71.8 Å². The molecule has 2 heterocycles. The van der Waals surface area contributed by atoms with Crippen molar-refractivity contribution in [2.75, 3.05) is 6.54 Å². The minimum atomic E-state index is -0.977. The number of nitrogens with two attached hydrogens (primary N) is 1. The first kappa shape index (κ1) is 32.2. The average Bonchev–Trinajstić information content (AvgIpc) is 3.45. The van der Waals surface area contributed by atoms with E-state index < -0.39 is 36.0 Å². The normalized spacial score (nSPS) is 20.5. The van der Waals surface area contributed by atoms with Crippen LogP contribution in [0.5, 0.6) is 0 Å². The number of piperidine rings is 1. The monoisotopic (exact) mass is 603 g/mol. The summed E-state index contributed by atoms with van der Waals surface area (Å²) in [5, 5.41) is 18.4. The Kier molecular flexibility index (Phi) is 11.4. The number of benzene rings is 2. The largest absolute Gasteiger partial charge is 0.370 e. The molecule has 12 heteroatoms. The number of carbonyl (C=O) groups excluding carboxylic acids is 5. The summed E-state index contributed by atoms with van der Waals surface area (Å²) in [6.07, 6.45) is 4.00. The van der Waals surface area contributed by atoms with Crippen LogP contribution in [0, 0.1) is 5.41 Å². The predicted octanol–water partition coefficient (Wildman–Crippen LogP) is 0.542. The fraction of sp³-hybridized carbons (Fsp3) is 0.438. The standard InChI is InChI=1S/C32H41N7O5/c33-32(34)35-17-7-12-25(29(42)36-23(20-40)18-21-8-3-1-4-9-21)38-30(43)27-16-14-24-13-15-26(31(44)39(24)27)37-28(41)19-22-10-5-2-6-11-22/h1-6,8-11,20,23-27H,7,12-19H2,(H,36,42)(H,37,41)(H,38,43)(H4,33,34,35). The van der Waals surface area contributed by atoms with Gasteiger partial charge < -0.3 is 36.7 Å². The Bertz CT molecular complexity index is 1320. The highest BCUT2D eigenvalue weighted by atomic mass is 16.2. The average molecular weight is 604 g/mol. The van der Waals surface area contributed by atoms with Gasteiger partial charge in [0.05, 0.1) is 12.5 Å². The highest BCUT2D eigenvalue weighted by Crippen LogP contribution is 2.33. The van der Waals surface area contributed by atoms with Crippen molar-refractivity contribution in [2.45, 2.75) is 81.6 Å². The summed E-state index contributed by atoms with van der Waals surface area (Å²) in [6.45, 7) is 0.316. The zero-order chi connectivity index (χ0) is 31.5. The van der Waals surface area contributed by atoms with E-state index in [9.17, 15) is 24.0 Å². The second kappa shape index (κ2) is 15.6. The van der Waals surface area contributed by atoms with Gasteiger partial charge in [-0.05, 0) is 56.1 Å². The Morgan fingerprint density at radius 2 is 1.61 bits per heavy atom. The molecule has 4 rings (SSSR count). The Morgan fingerprint density at radius 3 is 2.27 bits per heavy atom. The van der Waals surface area contributed by atoms with E-state index in [1.54, 1.807) is 4.90 Å². The van der Waals surface area contributed by atoms with E-state index in [1.165, 1.54) is 0 Å². The predicted molar refractivity (Wildman–Crippen MR) is 164 cm³/mol. The number of fused-ring (bicyclic) bond motifs is 1. The van der Waals surface area contributed by atoms with E-state index in [1.807, 2.05) is 60.7 Å². The van der Waals surface area contributed by atoms with Crippen LogP contribution in [0.25, 0.3) is 0 Å². The molecule has 4 amide bonds. The first-order chi connectivity index (χ1) is 21.2. The van der Waals surface area contributed by atoms with Crippen LogP contribution in [0.3, 0.4) is 0 Å². The maximum atomic E-state index is 13.6. The number of aldehydes is 1. The van der Waals surface area contributed by atoms with Gasteiger partial charge in [0.2, 0.25) is 23.6 Å². The van der Waals surface area contributed by atoms with Crippen LogP contribution < -0.4 is 27.0 Å². The molecule has 0 radical (unpaired) electrons. The van der Waals surface area contributed by atoms with Gasteiger partial charge in [0.15, 0.2) is 5.96 Å². The molecular formula is C32H41N7O5. The van der Waals surface area contributed by atoms with E-state index >= 15 is 0 Å². The first-order valence-electron chi connectivity index (χ1n) is 15.1. The molecule has 2 aliphatic heterocycles. The molecule has 5 unspecified atom stereocenters. The molecule has 0 aromatic heterocycles. The number of amides is 4. The third-order valence-corrected chi connectivity index (χ3v) is 8.10. The van der Waals surface area contributed by atoms with Gasteiger partial charge in [0.1, 0.15) is 24.4 Å². The molecule has 234 valence electrons. The number of hydrogen-bond acceptors (Lipinski definition) is 6. The number of hydrogen-bond donors (Lipinski definition) is 6. The van der Waals surface area contributed by atoms with Crippen LogP contribution in [0.4, 0.5) is 0 Å². The molecule has 0 aliphatic carbocycles. The van der Waals surface area contributed by atoms with Gasteiger partial charge in [-0.25, -0.2) is 0 Å². The molecule has 0 spiro atoms. The highest BCUT2D eigenvalue weighted by molar-refractivity contribution is 5.95. The third-order valence-electron chi connectivity index (χ3n) is 8.10. The van der Waals surface area contributed by atoms with Crippen LogP contribution in [-0.4, -0.2) is 77.5 Å². The van der Waals surface area contributed by atoms with Crippen molar-refractivity contribution in [3.8, 4) is 0 Å². The lowest BCUT2D eigenvalue weighted by Gasteiger charge is -2.38.